The largest absolute Gasteiger partial charge is 0.327 e. The molecule has 2 aliphatic rings. The molecular weight excluding hydrogens is 228 g/mol. The number of thiophene rings is 1. The van der Waals surface area contributed by atoms with Crippen LogP contribution in [-0.4, -0.2) is 24.0 Å². The molecule has 0 bridgehead atoms. The first-order valence-corrected chi connectivity index (χ1v) is 7.57. The zero-order chi connectivity index (χ0) is 11.8. The summed E-state index contributed by atoms with van der Waals surface area (Å²) in [4.78, 5) is 5.55. The molecule has 2 heterocycles. The zero-order valence-electron chi connectivity index (χ0n) is 10.6. The summed E-state index contributed by atoms with van der Waals surface area (Å²) in [6.45, 7) is 5.82. The van der Waals surface area contributed by atoms with E-state index in [0.717, 1.165) is 18.4 Å². The van der Waals surface area contributed by atoms with Crippen molar-refractivity contribution in [2.45, 2.75) is 38.8 Å². The number of fused-ring (bicyclic) bond motifs is 1. The van der Waals surface area contributed by atoms with E-state index in [1.165, 1.54) is 42.1 Å². The van der Waals surface area contributed by atoms with Crippen molar-refractivity contribution >= 4 is 11.3 Å². The third-order valence-electron chi connectivity index (χ3n) is 4.40. The summed E-state index contributed by atoms with van der Waals surface area (Å²) in [6, 6.07) is 4.97. The Bertz CT molecular complexity index is 387. The van der Waals surface area contributed by atoms with Gasteiger partial charge in [-0.05, 0) is 43.7 Å². The summed E-state index contributed by atoms with van der Waals surface area (Å²) in [6.07, 6.45) is 3.99. The Balaban J connectivity index is 1.63. The zero-order valence-corrected chi connectivity index (χ0v) is 11.4. The lowest BCUT2D eigenvalue weighted by molar-refractivity contribution is 0.259. The number of likely N-dealkylation sites (tertiary alicyclic amines) is 1. The minimum Gasteiger partial charge on any atom is -0.327 e. The summed E-state index contributed by atoms with van der Waals surface area (Å²) in [7, 11) is 0. The van der Waals surface area contributed by atoms with E-state index in [4.69, 9.17) is 5.73 Å². The van der Waals surface area contributed by atoms with E-state index in [9.17, 15) is 0 Å². The van der Waals surface area contributed by atoms with E-state index in [2.05, 4.69) is 24.0 Å². The molecule has 0 radical (unpaired) electrons. The molecule has 0 amide bonds. The first kappa shape index (κ1) is 11.7. The lowest BCUT2D eigenvalue weighted by Crippen LogP contribution is -2.38. The lowest BCUT2D eigenvalue weighted by atomic mass is 9.78. The first-order valence-electron chi connectivity index (χ1n) is 6.75. The van der Waals surface area contributed by atoms with Crippen LogP contribution in [0, 0.1) is 18.8 Å². The van der Waals surface area contributed by atoms with Gasteiger partial charge in [0.2, 0.25) is 0 Å². The average molecular weight is 250 g/mol. The van der Waals surface area contributed by atoms with Crippen molar-refractivity contribution in [2.75, 3.05) is 13.1 Å². The third kappa shape index (κ3) is 2.42. The molecule has 0 spiro atoms. The minimum atomic E-state index is 0.462. The van der Waals surface area contributed by atoms with Gasteiger partial charge in [0.25, 0.3) is 0 Å². The van der Waals surface area contributed by atoms with Gasteiger partial charge in [-0.3, -0.25) is 4.90 Å². The number of hydrogen-bond donors (Lipinski definition) is 1. The quantitative estimate of drug-likeness (QED) is 0.874. The van der Waals surface area contributed by atoms with Crippen molar-refractivity contribution in [1.29, 1.82) is 0 Å². The smallest absolute Gasteiger partial charge is 0.0328 e. The van der Waals surface area contributed by atoms with E-state index in [0.29, 0.717) is 6.04 Å². The fraction of sp³-hybridized carbons (Fsp3) is 0.714. The highest BCUT2D eigenvalue weighted by Gasteiger charge is 2.38. The number of hydrogen-bond acceptors (Lipinski definition) is 3. The number of nitrogens with zero attached hydrogens (tertiary/aromatic N) is 1. The summed E-state index contributed by atoms with van der Waals surface area (Å²) in [5, 5.41) is 0. The molecule has 3 unspecified atom stereocenters. The topological polar surface area (TPSA) is 29.3 Å². The van der Waals surface area contributed by atoms with Gasteiger partial charge in [0.15, 0.2) is 0 Å². The molecule has 94 valence electrons. The van der Waals surface area contributed by atoms with Crippen molar-refractivity contribution in [2.24, 2.45) is 17.6 Å². The van der Waals surface area contributed by atoms with Crippen LogP contribution in [0.2, 0.25) is 0 Å². The van der Waals surface area contributed by atoms with Gasteiger partial charge in [0.1, 0.15) is 0 Å². The Labute approximate surface area is 108 Å². The molecule has 1 saturated heterocycles. The summed E-state index contributed by atoms with van der Waals surface area (Å²) in [5.74, 6) is 1.64. The van der Waals surface area contributed by atoms with Crippen molar-refractivity contribution in [1.82, 2.24) is 4.90 Å². The Morgan fingerprint density at radius 3 is 2.94 bits per heavy atom. The van der Waals surface area contributed by atoms with E-state index < -0.39 is 0 Å². The standard InChI is InChI=1S/C14H22N2S/c1-10-5-6-12(17-10)8-16-7-11-3-2-4-14(15)13(11)9-16/h5-6,11,13-14H,2-4,7-9,15H2,1H3. The van der Waals surface area contributed by atoms with Gasteiger partial charge >= 0.3 is 0 Å². The Morgan fingerprint density at radius 2 is 2.24 bits per heavy atom. The Kier molecular flexibility index (Phi) is 3.24. The summed E-state index contributed by atoms with van der Waals surface area (Å²) >= 11 is 1.94. The summed E-state index contributed by atoms with van der Waals surface area (Å²) in [5.41, 5.74) is 6.26. The number of nitrogens with two attached hydrogens (primary N) is 1. The molecule has 1 saturated carbocycles. The fourth-order valence-corrected chi connectivity index (χ4v) is 4.46. The van der Waals surface area contributed by atoms with Crippen LogP contribution < -0.4 is 5.73 Å². The van der Waals surface area contributed by atoms with Gasteiger partial charge in [-0.2, -0.15) is 0 Å². The molecule has 3 rings (SSSR count). The van der Waals surface area contributed by atoms with Gasteiger partial charge in [-0.1, -0.05) is 6.42 Å². The van der Waals surface area contributed by atoms with Gasteiger partial charge in [-0.15, -0.1) is 11.3 Å². The maximum Gasteiger partial charge on any atom is 0.0328 e. The highest BCUT2D eigenvalue weighted by atomic mass is 32.1. The second-order valence-corrected chi connectivity index (χ2v) is 7.10. The van der Waals surface area contributed by atoms with E-state index in [-0.39, 0.29) is 0 Å². The lowest BCUT2D eigenvalue weighted by Gasteiger charge is -2.29. The molecule has 2 N–H and O–H groups in total. The minimum absolute atomic E-state index is 0.462. The molecule has 1 aliphatic heterocycles. The van der Waals surface area contributed by atoms with Gasteiger partial charge in [0.05, 0.1) is 0 Å². The van der Waals surface area contributed by atoms with E-state index in [1.807, 2.05) is 11.3 Å². The molecule has 3 atom stereocenters. The van der Waals surface area contributed by atoms with Crippen LogP contribution in [0.15, 0.2) is 12.1 Å². The maximum absolute atomic E-state index is 6.26. The van der Waals surface area contributed by atoms with E-state index in [1.54, 1.807) is 0 Å². The van der Waals surface area contributed by atoms with E-state index >= 15 is 0 Å². The van der Waals surface area contributed by atoms with Gasteiger partial charge < -0.3 is 5.73 Å². The van der Waals surface area contributed by atoms with Crippen molar-refractivity contribution in [3.63, 3.8) is 0 Å². The number of rotatable bonds is 2. The van der Waals surface area contributed by atoms with Crippen LogP contribution in [0.1, 0.15) is 29.0 Å². The van der Waals surface area contributed by atoms with Crippen molar-refractivity contribution in [3.8, 4) is 0 Å². The van der Waals surface area contributed by atoms with Crippen LogP contribution in [0.4, 0.5) is 0 Å². The molecule has 17 heavy (non-hydrogen) atoms. The molecule has 2 fully saturated rings. The van der Waals surface area contributed by atoms with Gasteiger partial charge in [-0.25, -0.2) is 0 Å². The average Bonchev–Trinajstić information content (AvgIpc) is 2.86. The molecular formula is C14H22N2S. The molecule has 1 aromatic rings. The predicted molar refractivity (Wildman–Crippen MR) is 73.1 cm³/mol. The molecule has 2 nitrogen and oxygen atoms in total. The monoisotopic (exact) mass is 250 g/mol. The number of aryl methyl sites for hydroxylation is 1. The van der Waals surface area contributed by atoms with Crippen LogP contribution in [0.5, 0.6) is 0 Å². The Hall–Kier alpha value is -0.380. The second kappa shape index (κ2) is 4.71. The second-order valence-electron chi connectivity index (χ2n) is 5.73. The molecule has 0 aromatic carbocycles. The Morgan fingerprint density at radius 1 is 1.35 bits per heavy atom. The third-order valence-corrected chi connectivity index (χ3v) is 5.39. The van der Waals surface area contributed by atoms with Crippen LogP contribution >= 0.6 is 11.3 Å². The molecule has 3 heteroatoms. The summed E-state index contributed by atoms with van der Waals surface area (Å²) < 4.78 is 0. The van der Waals surface area contributed by atoms with Crippen LogP contribution in [0.25, 0.3) is 0 Å². The highest BCUT2D eigenvalue weighted by molar-refractivity contribution is 7.11. The highest BCUT2D eigenvalue weighted by Crippen LogP contribution is 2.36. The van der Waals surface area contributed by atoms with Gasteiger partial charge in [0, 0.05) is 35.4 Å². The maximum atomic E-state index is 6.26. The SMILES string of the molecule is Cc1ccc(CN2CC3CCCC(N)C3C2)s1. The predicted octanol–water partition coefficient (Wildman–Crippen LogP) is 2.62. The van der Waals surface area contributed by atoms with Crippen LogP contribution in [-0.2, 0) is 6.54 Å². The normalized spacial score (nSPS) is 33.9. The fourth-order valence-electron chi connectivity index (χ4n) is 3.53. The molecule has 1 aliphatic carbocycles. The van der Waals surface area contributed by atoms with Crippen molar-refractivity contribution < 1.29 is 0 Å². The van der Waals surface area contributed by atoms with Crippen LogP contribution in [0.3, 0.4) is 0 Å². The molecule has 1 aromatic heterocycles. The first-order chi connectivity index (χ1) is 8.22. The van der Waals surface area contributed by atoms with Crippen molar-refractivity contribution in [3.05, 3.63) is 21.9 Å².